The summed E-state index contributed by atoms with van der Waals surface area (Å²) in [6, 6.07) is 18.7. The number of ether oxygens (including phenoxy) is 2. The smallest absolute Gasteiger partial charge is 0.224 e. The van der Waals surface area contributed by atoms with E-state index in [-0.39, 0.29) is 5.91 Å². The Labute approximate surface area is 205 Å². The molecule has 33 heavy (non-hydrogen) atoms. The van der Waals surface area contributed by atoms with Gasteiger partial charge in [-0.15, -0.1) is 0 Å². The van der Waals surface area contributed by atoms with Gasteiger partial charge >= 0.3 is 0 Å². The number of nitrogens with one attached hydrogen (secondary N) is 2. The van der Waals surface area contributed by atoms with Gasteiger partial charge in [-0.2, -0.15) is 0 Å². The van der Waals surface area contributed by atoms with E-state index in [2.05, 4.69) is 10.6 Å². The number of anilines is 2. The summed E-state index contributed by atoms with van der Waals surface area (Å²) in [6.07, 6.45) is 0.484. The van der Waals surface area contributed by atoms with E-state index in [9.17, 15) is 4.79 Å². The SMILES string of the molecule is COc1cc(CNc2cccc(NC(=O)CC(C)C)c2)c(Cl)cc1OCc1ccccc1Cl. The highest BCUT2D eigenvalue weighted by Gasteiger charge is 2.12. The lowest BCUT2D eigenvalue weighted by atomic mass is 10.1. The maximum atomic E-state index is 12.0. The Hall–Kier alpha value is -2.89. The number of hydrogen-bond acceptors (Lipinski definition) is 4. The summed E-state index contributed by atoms with van der Waals surface area (Å²) in [6.45, 7) is 4.81. The summed E-state index contributed by atoms with van der Waals surface area (Å²) in [5.74, 6) is 1.43. The average Bonchev–Trinajstić information content (AvgIpc) is 2.77. The Kier molecular flexibility index (Phi) is 8.87. The van der Waals surface area contributed by atoms with Crippen LogP contribution in [0.15, 0.2) is 60.7 Å². The number of amides is 1. The minimum absolute atomic E-state index is 0.00214. The molecule has 0 aliphatic rings. The van der Waals surface area contributed by atoms with Crippen molar-refractivity contribution in [1.82, 2.24) is 0 Å². The lowest BCUT2D eigenvalue weighted by Gasteiger charge is -2.15. The van der Waals surface area contributed by atoms with Gasteiger partial charge in [0.1, 0.15) is 6.61 Å². The molecular weight excluding hydrogens is 459 g/mol. The highest BCUT2D eigenvalue weighted by atomic mass is 35.5. The van der Waals surface area contributed by atoms with Crippen LogP contribution in [0.4, 0.5) is 11.4 Å². The molecule has 3 aromatic carbocycles. The normalized spacial score (nSPS) is 10.7. The summed E-state index contributed by atoms with van der Waals surface area (Å²) < 4.78 is 11.4. The van der Waals surface area contributed by atoms with Gasteiger partial charge in [-0.05, 0) is 41.8 Å². The molecule has 2 N–H and O–H groups in total. The van der Waals surface area contributed by atoms with Crippen LogP contribution in [0.3, 0.4) is 0 Å². The van der Waals surface area contributed by atoms with Crippen molar-refractivity contribution in [3.63, 3.8) is 0 Å². The third kappa shape index (κ3) is 7.31. The number of halogens is 2. The van der Waals surface area contributed by atoms with Crippen molar-refractivity contribution < 1.29 is 14.3 Å². The van der Waals surface area contributed by atoms with Gasteiger partial charge in [-0.3, -0.25) is 4.79 Å². The van der Waals surface area contributed by atoms with E-state index in [4.69, 9.17) is 32.7 Å². The number of carbonyl (C=O) groups excluding carboxylic acids is 1. The van der Waals surface area contributed by atoms with Gasteiger partial charge in [0, 0.05) is 46.0 Å². The van der Waals surface area contributed by atoms with E-state index in [0.717, 1.165) is 22.5 Å². The first kappa shape index (κ1) is 24.7. The lowest BCUT2D eigenvalue weighted by molar-refractivity contribution is -0.116. The van der Waals surface area contributed by atoms with Crippen molar-refractivity contribution in [1.29, 1.82) is 0 Å². The van der Waals surface area contributed by atoms with Crippen LogP contribution in [0, 0.1) is 5.92 Å². The average molecular weight is 487 g/mol. The molecule has 0 saturated carbocycles. The molecule has 0 spiro atoms. The molecule has 0 heterocycles. The number of benzene rings is 3. The zero-order chi connectivity index (χ0) is 23.8. The number of methoxy groups -OCH3 is 1. The topological polar surface area (TPSA) is 59.6 Å². The van der Waals surface area contributed by atoms with E-state index in [1.165, 1.54) is 0 Å². The molecule has 1 amide bonds. The predicted molar refractivity (Wildman–Crippen MR) is 136 cm³/mol. The Bertz CT molecular complexity index is 1100. The van der Waals surface area contributed by atoms with Crippen LogP contribution in [-0.2, 0) is 17.9 Å². The predicted octanol–water partition coefficient (Wildman–Crippen LogP) is 7.18. The molecule has 0 radical (unpaired) electrons. The summed E-state index contributed by atoms with van der Waals surface area (Å²) in [7, 11) is 1.59. The van der Waals surface area contributed by atoms with Crippen molar-refractivity contribution in [3.8, 4) is 11.5 Å². The van der Waals surface area contributed by atoms with Crippen LogP contribution in [0.2, 0.25) is 10.0 Å². The summed E-state index contributed by atoms with van der Waals surface area (Å²) in [4.78, 5) is 12.0. The second-order valence-electron chi connectivity index (χ2n) is 8.06. The van der Waals surface area contributed by atoms with Crippen LogP contribution >= 0.6 is 23.2 Å². The van der Waals surface area contributed by atoms with Crippen molar-refractivity contribution in [3.05, 3.63) is 81.8 Å². The second kappa shape index (κ2) is 11.8. The monoisotopic (exact) mass is 486 g/mol. The number of carbonyl (C=O) groups is 1. The number of hydrogen-bond donors (Lipinski definition) is 2. The minimum atomic E-state index is 0.00214. The van der Waals surface area contributed by atoms with Crippen LogP contribution in [0.5, 0.6) is 11.5 Å². The molecule has 0 unspecified atom stereocenters. The van der Waals surface area contributed by atoms with Gasteiger partial charge in [0.05, 0.1) is 7.11 Å². The van der Waals surface area contributed by atoms with Crippen molar-refractivity contribution in [2.75, 3.05) is 17.7 Å². The molecular formula is C26H28Cl2N2O3. The van der Waals surface area contributed by atoms with Gasteiger partial charge < -0.3 is 20.1 Å². The Morgan fingerprint density at radius 1 is 0.909 bits per heavy atom. The van der Waals surface area contributed by atoms with E-state index in [0.29, 0.717) is 47.0 Å². The summed E-state index contributed by atoms with van der Waals surface area (Å²) in [5, 5.41) is 7.47. The minimum Gasteiger partial charge on any atom is -0.493 e. The highest BCUT2D eigenvalue weighted by molar-refractivity contribution is 6.31. The molecule has 5 nitrogen and oxygen atoms in total. The van der Waals surface area contributed by atoms with E-state index in [1.54, 1.807) is 13.2 Å². The van der Waals surface area contributed by atoms with Crippen molar-refractivity contribution >= 4 is 40.5 Å². The Balaban J connectivity index is 1.66. The lowest BCUT2D eigenvalue weighted by Crippen LogP contribution is -2.13. The quantitative estimate of drug-likeness (QED) is 0.318. The fourth-order valence-electron chi connectivity index (χ4n) is 3.24. The van der Waals surface area contributed by atoms with Crippen LogP contribution in [0.1, 0.15) is 31.4 Å². The summed E-state index contributed by atoms with van der Waals surface area (Å²) >= 11 is 12.7. The van der Waals surface area contributed by atoms with Crippen molar-refractivity contribution in [2.45, 2.75) is 33.4 Å². The maximum absolute atomic E-state index is 12.0. The van der Waals surface area contributed by atoms with Gasteiger partial charge in [-0.1, -0.05) is 61.3 Å². The third-order valence-electron chi connectivity index (χ3n) is 4.90. The van der Waals surface area contributed by atoms with E-state index >= 15 is 0 Å². The molecule has 0 bridgehead atoms. The molecule has 0 atom stereocenters. The van der Waals surface area contributed by atoms with Crippen molar-refractivity contribution in [2.24, 2.45) is 5.92 Å². The molecule has 7 heteroatoms. The first-order chi connectivity index (χ1) is 15.9. The molecule has 0 saturated heterocycles. The molecule has 0 aliphatic carbocycles. The highest BCUT2D eigenvalue weighted by Crippen LogP contribution is 2.34. The summed E-state index contributed by atoms with van der Waals surface area (Å²) in [5.41, 5.74) is 3.35. The van der Waals surface area contributed by atoms with Crippen LogP contribution in [-0.4, -0.2) is 13.0 Å². The number of rotatable bonds is 10. The fraction of sp³-hybridized carbons (Fsp3) is 0.269. The molecule has 0 fully saturated rings. The Morgan fingerprint density at radius 2 is 1.67 bits per heavy atom. The maximum Gasteiger partial charge on any atom is 0.224 e. The van der Waals surface area contributed by atoms with E-state index in [1.807, 2.05) is 68.4 Å². The fourth-order valence-corrected chi connectivity index (χ4v) is 3.65. The first-order valence-corrected chi connectivity index (χ1v) is 11.5. The zero-order valence-electron chi connectivity index (χ0n) is 19.0. The Morgan fingerprint density at radius 3 is 2.39 bits per heavy atom. The molecule has 3 aromatic rings. The van der Waals surface area contributed by atoms with Gasteiger partial charge in [-0.25, -0.2) is 0 Å². The van der Waals surface area contributed by atoms with E-state index < -0.39 is 0 Å². The third-order valence-corrected chi connectivity index (χ3v) is 5.62. The second-order valence-corrected chi connectivity index (χ2v) is 8.87. The molecule has 0 aliphatic heterocycles. The standard InChI is InChI=1S/C26H28Cl2N2O3/c1-17(2)11-26(31)30-21-9-6-8-20(13-21)29-15-19-12-24(32-3)25(14-23(19)28)33-16-18-7-4-5-10-22(18)27/h4-10,12-14,17,29H,11,15-16H2,1-3H3,(H,30,31). The van der Waals surface area contributed by atoms with Crippen LogP contribution in [0.25, 0.3) is 0 Å². The molecule has 174 valence electrons. The van der Waals surface area contributed by atoms with Gasteiger partial charge in [0.2, 0.25) is 5.91 Å². The molecule has 3 rings (SSSR count). The van der Waals surface area contributed by atoms with Gasteiger partial charge in [0.15, 0.2) is 11.5 Å². The largest absolute Gasteiger partial charge is 0.493 e. The zero-order valence-corrected chi connectivity index (χ0v) is 20.5. The first-order valence-electron chi connectivity index (χ1n) is 10.7. The van der Waals surface area contributed by atoms with Gasteiger partial charge in [0.25, 0.3) is 0 Å². The van der Waals surface area contributed by atoms with Crippen LogP contribution < -0.4 is 20.1 Å². The molecule has 0 aromatic heterocycles.